The third-order valence-corrected chi connectivity index (χ3v) is 5.42. The van der Waals surface area contributed by atoms with E-state index in [0.29, 0.717) is 19.6 Å². The average molecular weight is 406 g/mol. The molecule has 0 bridgehead atoms. The van der Waals surface area contributed by atoms with E-state index >= 15 is 0 Å². The molecule has 2 aromatic carbocycles. The van der Waals surface area contributed by atoms with Crippen molar-refractivity contribution in [1.82, 2.24) is 20.0 Å². The lowest BCUT2D eigenvalue weighted by molar-refractivity contribution is -0.139. The number of piperazine rings is 1. The molecule has 4 rings (SSSR count). The van der Waals surface area contributed by atoms with E-state index in [1.165, 1.54) is 12.1 Å². The van der Waals surface area contributed by atoms with Gasteiger partial charge >= 0.3 is 6.18 Å². The molecule has 0 unspecified atom stereocenters. The molecule has 0 aliphatic carbocycles. The number of aromatic nitrogens is 2. The molecular weight excluding hydrogens is 384 g/mol. The maximum absolute atomic E-state index is 13.2. The van der Waals surface area contributed by atoms with Crippen LogP contribution in [0, 0.1) is 12.7 Å². The number of nitrogens with zero attached hydrogens (tertiary/aromatic N) is 3. The van der Waals surface area contributed by atoms with Crippen molar-refractivity contribution in [2.45, 2.75) is 25.6 Å². The zero-order chi connectivity index (χ0) is 20.6. The Morgan fingerprint density at radius 3 is 2.66 bits per heavy atom. The number of aryl methyl sites for hydroxylation is 1. The summed E-state index contributed by atoms with van der Waals surface area (Å²) in [6.07, 6.45) is -3.24. The molecule has 0 amide bonds. The van der Waals surface area contributed by atoms with Crippen molar-refractivity contribution in [3.8, 4) is 5.69 Å². The molecule has 1 aliphatic heterocycles. The Kier molecular flexibility index (Phi) is 5.31. The first-order valence-electron chi connectivity index (χ1n) is 9.57. The summed E-state index contributed by atoms with van der Waals surface area (Å²) in [5.41, 5.74) is 3.63. The molecule has 8 heteroatoms. The van der Waals surface area contributed by atoms with Crippen LogP contribution in [0.15, 0.2) is 42.6 Å². The monoisotopic (exact) mass is 406 g/mol. The van der Waals surface area contributed by atoms with Crippen molar-refractivity contribution in [1.29, 1.82) is 0 Å². The zero-order valence-electron chi connectivity index (χ0n) is 16.0. The van der Waals surface area contributed by atoms with E-state index in [4.69, 9.17) is 0 Å². The Hall–Kier alpha value is -2.45. The standard InChI is InChI=1S/C21H22F4N4/c1-14-10-19-15(12-27-29(19)17-4-2-16(22)3-5-17)11-18(14)20-13-26-7-9-28(20)8-6-21(23,24)25/h2-5,10-12,20,26H,6-9,13H2,1H3/t20-/m1/s1. The van der Waals surface area contributed by atoms with Gasteiger partial charge in [-0.1, -0.05) is 0 Å². The lowest BCUT2D eigenvalue weighted by Gasteiger charge is -2.37. The topological polar surface area (TPSA) is 33.1 Å². The predicted molar refractivity (Wildman–Crippen MR) is 104 cm³/mol. The molecule has 1 atom stereocenters. The lowest BCUT2D eigenvalue weighted by Crippen LogP contribution is -2.47. The third-order valence-electron chi connectivity index (χ3n) is 5.42. The summed E-state index contributed by atoms with van der Waals surface area (Å²) in [4.78, 5) is 1.91. The van der Waals surface area contributed by atoms with Gasteiger partial charge in [-0.25, -0.2) is 9.07 Å². The highest BCUT2D eigenvalue weighted by atomic mass is 19.4. The van der Waals surface area contributed by atoms with Crippen LogP contribution in [0.2, 0.25) is 0 Å². The normalized spacial score (nSPS) is 18.4. The second-order valence-electron chi connectivity index (χ2n) is 7.42. The van der Waals surface area contributed by atoms with Crippen molar-refractivity contribution >= 4 is 10.9 Å². The van der Waals surface area contributed by atoms with Crippen LogP contribution in [0.1, 0.15) is 23.6 Å². The van der Waals surface area contributed by atoms with Crippen molar-refractivity contribution in [2.75, 3.05) is 26.2 Å². The van der Waals surface area contributed by atoms with Crippen molar-refractivity contribution in [3.63, 3.8) is 0 Å². The first kappa shape index (κ1) is 19.8. The van der Waals surface area contributed by atoms with Gasteiger partial charge in [0.2, 0.25) is 0 Å². The number of alkyl halides is 3. The minimum atomic E-state index is -4.16. The summed E-state index contributed by atoms with van der Waals surface area (Å²) in [6.45, 7) is 3.82. The first-order valence-corrected chi connectivity index (χ1v) is 9.57. The van der Waals surface area contributed by atoms with Gasteiger partial charge in [0.15, 0.2) is 0 Å². The summed E-state index contributed by atoms with van der Waals surface area (Å²) in [7, 11) is 0. The Morgan fingerprint density at radius 1 is 1.17 bits per heavy atom. The van der Waals surface area contributed by atoms with Gasteiger partial charge in [0, 0.05) is 37.6 Å². The smallest absolute Gasteiger partial charge is 0.314 e. The summed E-state index contributed by atoms with van der Waals surface area (Å²) in [5.74, 6) is -0.313. The lowest BCUT2D eigenvalue weighted by atomic mass is 9.96. The summed E-state index contributed by atoms with van der Waals surface area (Å²) in [6, 6.07) is 9.98. The van der Waals surface area contributed by atoms with E-state index in [-0.39, 0.29) is 18.4 Å². The van der Waals surface area contributed by atoms with Crippen molar-refractivity contribution < 1.29 is 17.6 Å². The van der Waals surface area contributed by atoms with Gasteiger partial charge in [0.25, 0.3) is 0 Å². The van der Waals surface area contributed by atoms with E-state index in [0.717, 1.165) is 27.7 Å². The number of nitrogens with one attached hydrogen (secondary N) is 1. The number of halogens is 4. The third kappa shape index (κ3) is 4.28. The van der Waals surface area contributed by atoms with Gasteiger partial charge in [0.05, 0.1) is 23.8 Å². The van der Waals surface area contributed by atoms with Gasteiger partial charge in [-0.15, -0.1) is 0 Å². The van der Waals surface area contributed by atoms with E-state index < -0.39 is 12.6 Å². The molecule has 1 fully saturated rings. The molecule has 1 aliphatic rings. The van der Waals surface area contributed by atoms with Crippen LogP contribution >= 0.6 is 0 Å². The van der Waals surface area contributed by atoms with Crippen molar-refractivity contribution in [3.05, 3.63) is 59.5 Å². The van der Waals surface area contributed by atoms with Crippen LogP contribution in [-0.4, -0.2) is 47.0 Å². The summed E-state index contributed by atoms with van der Waals surface area (Å²) < 4.78 is 53.2. The molecule has 4 nitrogen and oxygen atoms in total. The molecule has 3 aromatic rings. The molecule has 0 spiro atoms. The fourth-order valence-electron chi connectivity index (χ4n) is 3.93. The van der Waals surface area contributed by atoms with Gasteiger partial charge in [-0.2, -0.15) is 18.3 Å². The highest BCUT2D eigenvalue weighted by molar-refractivity contribution is 5.82. The minimum Gasteiger partial charge on any atom is -0.314 e. The molecule has 1 saturated heterocycles. The fraction of sp³-hybridized carbons (Fsp3) is 0.381. The molecule has 1 aromatic heterocycles. The molecule has 2 heterocycles. The Morgan fingerprint density at radius 2 is 1.93 bits per heavy atom. The molecule has 0 saturated carbocycles. The van der Waals surface area contributed by atoms with Crippen LogP contribution in [0.25, 0.3) is 16.6 Å². The minimum absolute atomic E-state index is 0.0117. The fourth-order valence-corrected chi connectivity index (χ4v) is 3.93. The molecule has 154 valence electrons. The molecule has 0 radical (unpaired) electrons. The summed E-state index contributed by atoms with van der Waals surface area (Å²) in [5, 5.41) is 8.62. The number of benzene rings is 2. The quantitative estimate of drug-likeness (QED) is 0.653. The highest BCUT2D eigenvalue weighted by Gasteiger charge is 2.32. The van der Waals surface area contributed by atoms with Crippen LogP contribution in [-0.2, 0) is 0 Å². The molecular formula is C21H22F4N4. The highest BCUT2D eigenvalue weighted by Crippen LogP contribution is 2.31. The van der Waals surface area contributed by atoms with E-state index in [1.54, 1.807) is 23.0 Å². The number of fused-ring (bicyclic) bond motifs is 1. The number of hydrogen-bond donors (Lipinski definition) is 1. The maximum atomic E-state index is 13.2. The number of hydrogen-bond acceptors (Lipinski definition) is 3. The Bertz CT molecular complexity index is 994. The Labute approximate surface area is 166 Å². The Balaban J connectivity index is 1.67. The molecule has 1 N–H and O–H groups in total. The van der Waals surface area contributed by atoms with Gasteiger partial charge < -0.3 is 5.32 Å². The predicted octanol–water partition coefficient (Wildman–Crippen LogP) is 4.37. The average Bonchev–Trinajstić information content (AvgIpc) is 3.09. The van der Waals surface area contributed by atoms with Gasteiger partial charge in [-0.05, 0) is 54.4 Å². The van der Waals surface area contributed by atoms with Gasteiger partial charge in [0.1, 0.15) is 5.82 Å². The van der Waals surface area contributed by atoms with Crippen LogP contribution in [0.5, 0.6) is 0 Å². The zero-order valence-corrected chi connectivity index (χ0v) is 16.0. The van der Waals surface area contributed by atoms with E-state index in [1.807, 2.05) is 24.0 Å². The first-order chi connectivity index (χ1) is 13.8. The van der Waals surface area contributed by atoms with Gasteiger partial charge in [-0.3, -0.25) is 4.90 Å². The largest absolute Gasteiger partial charge is 0.390 e. The van der Waals surface area contributed by atoms with Crippen molar-refractivity contribution in [2.24, 2.45) is 0 Å². The van der Waals surface area contributed by atoms with Crippen LogP contribution in [0.3, 0.4) is 0 Å². The maximum Gasteiger partial charge on any atom is 0.390 e. The van der Waals surface area contributed by atoms with E-state index in [9.17, 15) is 17.6 Å². The second kappa shape index (κ2) is 7.76. The van der Waals surface area contributed by atoms with Crippen LogP contribution < -0.4 is 5.32 Å². The second-order valence-corrected chi connectivity index (χ2v) is 7.42. The van der Waals surface area contributed by atoms with Crippen LogP contribution in [0.4, 0.5) is 17.6 Å². The summed E-state index contributed by atoms with van der Waals surface area (Å²) >= 11 is 0. The number of rotatable bonds is 4. The van der Waals surface area contributed by atoms with E-state index in [2.05, 4.69) is 10.4 Å². The SMILES string of the molecule is Cc1cc2c(cnn2-c2ccc(F)cc2)cc1[C@H]1CNCCN1CCC(F)(F)F. The molecule has 29 heavy (non-hydrogen) atoms.